The van der Waals surface area contributed by atoms with Crippen molar-refractivity contribution in [3.05, 3.63) is 73.0 Å². The van der Waals surface area contributed by atoms with Crippen molar-refractivity contribution < 1.29 is 13.2 Å². The van der Waals surface area contributed by atoms with Crippen LogP contribution in [0.4, 0.5) is 0 Å². The third kappa shape index (κ3) is 4.72. The summed E-state index contributed by atoms with van der Waals surface area (Å²) in [5, 5.41) is 3.95. The Morgan fingerprint density at radius 1 is 1.00 bits per heavy atom. The van der Waals surface area contributed by atoms with E-state index in [1.54, 1.807) is 39.7 Å². The van der Waals surface area contributed by atoms with Crippen LogP contribution in [-0.2, 0) is 23.1 Å². The summed E-state index contributed by atoms with van der Waals surface area (Å²) in [6.45, 7) is 0.945. The van der Waals surface area contributed by atoms with Gasteiger partial charge in [0.15, 0.2) is 0 Å². The number of hydrogen-bond donors (Lipinski definition) is 0. The van der Waals surface area contributed by atoms with Crippen LogP contribution in [0.25, 0.3) is 0 Å². The molecule has 0 aliphatic heterocycles. The quantitative estimate of drug-likeness (QED) is 0.475. The van der Waals surface area contributed by atoms with E-state index in [0.29, 0.717) is 23.1 Å². The normalized spacial score (nSPS) is 11.7. The highest BCUT2D eigenvalue weighted by molar-refractivity contribution is 9.10. The lowest BCUT2D eigenvalue weighted by molar-refractivity contribution is 0.0733. The minimum atomic E-state index is -3.67. The summed E-state index contributed by atoms with van der Waals surface area (Å²) >= 11 is 6.47. The predicted molar refractivity (Wildman–Crippen MR) is 117 cm³/mol. The van der Waals surface area contributed by atoms with E-state index in [9.17, 15) is 13.2 Å². The first-order valence-corrected chi connectivity index (χ1v) is 12.3. The van der Waals surface area contributed by atoms with E-state index in [-0.39, 0.29) is 10.8 Å². The molecule has 2 aromatic heterocycles. The summed E-state index contributed by atoms with van der Waals surface area (Å²) in [5.41, 5.74) is 0.344. The predicted octanol–water partition coefficient (Wildman–Crippen LogP) is 4.67. The van der Waals surface area contributed by atoms with E-state index in [2.05, 4.69) is 15.9 Å². The summed E-state index contributed by atoms with van der Waals surface area (Å²) in [7, 11) is -0.732. The highest BCUT2D eigenvalue weighted by Crippen LogP contribution is 2.27. The van der Waals surface area contributed by atoms with Crippen LogP contribution in [0.15, 0.2) is 62.6 Å². The van der Waals surface area contributed by atoms with Crippen molar-refractivity contribution in [1.29, 1.82) is 0 Å². The van der Waals surface area contributed by atoms with Crippen molar-refractivity contribution in [2.45, 2.75) is 18.0 Å². The number of carbonyl (C=O) groups is 1. The molecule has 0 radical (unpaired) electrons. The number of hydrogen-bond acceptors (Lipinski definition) is 5. The topological polar surface area (TPSA) is 57.7 Å². The van der Waals surface area contributed by atoms with Crippen molar-refractivity contribution >= 4 is 54.5 Å². The van der Waals surface area contributed by atoms with Gasteiger partial charge in [-0.25, -0.2) is 12.7 Å². The molecule has 0 saturated heterocycles. The molecule has 148 valence electrons. The van der Waals surface area contributed by atoms with Gasteiger partial charge in [0.25, 0.3) is 5.91 Å². The van der Waals surface area contributed by atoms with Gasteiger partial charge in [0, 0.05) is 33.9 Å². The van der Waals surface area contributed by atoms with Crippen molar-refractivity contribution in [2.75, 3.05) is 14.1 Å². The summed E-state index contributed by atoms with van der Waals surface area (Å²) in [6, 6.07) is 12.6. The molecular weight excluding hydrogens is 480 g/mol. The highest BCUT2D eigenvalue weighted by Gasteiger charge is 2.24. The van der Waals surface area contributed by atoms with E-state index in [0.717, 1.165) is 14.1 Å². The molecule has 1 amide bonds. The Morgan fingerprint density at radius 3 is 2.04 bits per heavy atom. The number of rotatable bonds is 7. The number of thiophene rings is 2. The molecule has 5 nitrogen and oxygen atoms in total. The van der Waals surface area contributed by atoms with Crippen LogP contribution in [0.1, 0.15) is 20.1 Å². The summed E-state index contributed by atoms with van der Waals surface area (Å²) < 4.78 is 26.7. The zero-order chi connectivity index (χ0) is 20.3. The zero-order valence-corrected chi connectivity index (χ0v) is 19.4. The number of halogens is 1. The molecule has 2 heterocycles. The third-order valence-corrected chi connectivity index (χ3v) is 8.61. The first-order chi connectivity index (χ1) is 13.3. The lowest BCUT2D eigenvalue weighted by atomic mass is 10.2. The molecule has 28 heavy (non-hydrogen) atoms. The van der Waals surface area contributed by atoms with Crippen molar-refractivity contribution in [3.63, 3.8) is 0 Å². The molecule has 9 heteroatoms. The Morgan fingerprint density at radius 2 is 1.57 bits per heavy atom. The van der Waals surface area contributed by atoms with Crippen LogP contribution in [0, 0.1) is 0 Å². The van der Waals surface area contributed by atoms with Crippen LogP contribution >= 0.6 is 38.6 Å². The fourth-order valence-corrected chi connectivity index (χ4v) is 5.88. The van der Waals surface area contributed by atoms with E-state index < -0.39 is 10.0 Å². The fourth-order valence-electron chi connectivity index (χ4n) is 2.59. The molecule has 0 fully saturated rings. The lowest BCUT2D eigenvalue weighted by Crippen LogP contribution is -2.30. The first-order valence-electron chi connectivity index (χ1n) is 8.35. The lowest BCUT2D eigenvalue weighted by Gasteiger charge is -2.22. The maximum atomic E-state index is 13.3. The van der Waals surface area contributed by atoms with Gasteiger partial charge < -0.3 is 4.90 Å². The van der Waals surface area contributed by atoms with Gasteiger partial charge >= 0.3 is 0 Å². The highest BCUT2D eigenvalue weighted by atomic mass is 79.9. The van der Waals surface area contributed by atoms with Gasteiger partial charge in [0.05, 0.1) is 18.0 Å². The van der Waals surface area contributed by atoms with Gasteiger partial charge in [0.1, 0.15) is 0 Å². The largest absolute Gasteiger partial charge is 0.328 e. The van der Waals surface area contributed by atoms with Gasteiger partial charge in [-0.05, 0) is 57.0 Å². The Labute approximate surface area is 181 Å². The smallest absolute Gasteiger partial charge is 0.254 e. The third-order valence-electron chi connectivity index (χ3n) is 4.08. The molecule has 0 bridgehead atoms. The van der Waals surface area contributed by atoms with Crippen LogP contribution < -0.4 is 0 Å². The van der Waals surface area contributed by atoms with E-state index in [1.165, 1.54) is 20.2 Å². The molecule has 0 aliphatic carbocycles. The van der Waals surface area contributed by atoms with E-state index >= 15 is 0 Å². The maximum Gasteiger partial charge on any atom is 0.254 e. The average Bonchev–Trinajstić information content (AvgIpc) is 3.34. The van der Waals surface area contributed by atoms with Crippen LogP contribution in [0.3, 0.4) is 0 Å². The Hall–Kier alpha value is -1.52. The number of amides is 1. The van der Waals surface area contributed by atoms with Gasteiger partial charge in [0.2, 0.25) is 10.0 Å². The van der Waals surface area contributed by atoms with Crippen LogP contribution in [0.2, 0.25) is 0 Å². The maximum absolute atomic E-state index is 13.3. The van der Waals surface area contributed by atoms with Crippen LogP contribution in [0.5, 0.6) is 0 Å². The average molecular weight is 499 g/mol. The molecular formula is C19H19BrN2O3S3. The van der Waals surface area contributed by atoms with Gasteiger partial charge in [-0.2, -0.15) is 0 Å². The molecule has 0 saturated carbocycles. The number of nitrogens with zero attached hydrogens (tertiary/aromatic N) is 2. The van der Waals surface area contributed by atoms with Crippen LogP contribution in [-0.4, -0.2) is 37.6 Å². The molecule has 3 aromatic rings. The van der Waals surface area contributed by atoms with E-state index in [4.69, 9.17) is 0 Å². The number of carbonyl (C=O) groups excluding carboxylic acids is 1. The molecule has 0 N–H and O–H groups in total. The molecule has 0 aliphatic rings. The molecule has 3 rings (SSSR count). The standard InChI is InChI=1S/C19H19BrN2O3S3/c1-21(2)28(24,25)18-11-14(7-8-17(18)20)19(23)22(12-15-5-3-9-26-15)13-16-6-4-10-27-16/h3-11H,12-13H2,1-2H3. The molecule has 0 unspecified atom stereocenters. The Balaban J connectivity index is 1.96. The van der Waals surface area contributed by atoms with E-state index in [1.807, 2.05) is 35.0 Å². The fraction of sp³-hybridized carbons (Fsp3) is 0.211. The van der Waals surface area contributed by atoms with Crippen molar-refractivity contribution in [3.8, 4) is 0 Å². The van der Waals surface area contributed by atoms with Crippen molar-refractivity contribution in [2.24, 2.45) is 0 Å². The summed E-state index contributed by atoms with van der Waals surface area (Å²) in [6.07, 6.45) is 0. The second-order valence-electron chi connectivity index (χ2n) is 6.25. The molecule has 0 atom stereocenters. The zero-order valence-electron chi connectivity index (χ0n) is 15.3. The minimum absolute atomic E-state index is 0.0792. The van der Waals surface area contributed by atoms with Gasteiger partial charge in [-0.1, -0.05) is 12.1 Å². The van der Waals surface area contributed by atoms with Crippen molar-refractivity contribution in [1.82, 2.24) is 9.21 Å². The number of sulfonamides is 1. The summed E-state index contributed by atoms with van der Waals surface area (Å²) in [5.74, 6) is -0.204. The number of benzene rings is 1. The summed E-state index contributed by atoms with van der Waals surface area (Å²) in [4.78, 5) is 17.2. The Kier molecular flexibility index (Phi) is 6.72. The second kappa shape index (κ2) is 8.87. The second-order valence-corrected chi connectivity index (χ2v) is 11.3. The molecule has 0 spiro atoms. The molecule has 1 aromatic carbocycles. The first kappa shape index (κ1) is 21.2. The van der Waals surface area contributed by atoms with Gasteiger partial charge in [-0.3, -0.25) is 4.79 Å². The minimum Gasteiger partial charge on any atom is -0.328 e. The SMILES string of the molecule is CN(C)S(=O)(=O)c1cc(C(=O)N(Cc2cccs2)Cc2cccs2)ccc1Br. The van der Waals surface area contributed by atoms with Gasteiger partial charge in [-0.15, -0.1) is 22.7 Å². The monoisotopic (exact) mass is 498 g/mol. The Bertz CT molecular complexity index is 1010.